The van der Waals surface area contributed by atoms with E-state index >= 15 is 0 Å². The van der Waals surface area contributed by atoms with Crippen LogP contribution in [0.2, 0.25) is 0 Å². The Morgan fingerprint density at radius 3 is 2.31 bits per heavy atom. The SMILES string of the molecule is O=C(O)COc1ccc(COC(=O)/C=C/c2ccc([N+](=O)[O-])cc2)cc1. The van der Waals surface area contributed by atoms with Gasteiger partial charge in [-0.25, -0.2) is 9.59 Å². The number of carboxylic acids is 1. The number of nitro benzene ring substituents is 1. The number of nitro groups is 1. The van der Waals surface area contributed by atoms with E-state index in [2.05, 4.69) is 0 Å². The van der Waals surface area contributed by atoms with Gasteiger partial charge < -0.3 is 14.6 Å². The molecule has 0 atom stereocenters. The number of non-ortho nitro benzene ring substituents is 1. The number of carboxylic acid groups (broad SMARTS) is 1. The molecule has 0 bridgehead atoms. The van der Waals surface area contributed by atoms with Gasteiger partial charge in [0.25, 0.3) is 5.69 Å². The molecule has 2 aromatic carbocycles. The molecule has 0 aliphatic rings. The number of aliphatic carboxylic acids is 1. The van der Waals surface area contributed by atoms with E-state index in [0.717, 1.165) is 0 Å². The molecule has 2 aromatic rings. The van der Waals surface area contributed by atoms with Gasteiger partial charge in [-0.2, -0.15) is 0 Å². The van der Waals surface area contributed by atoms with Crippen molar-refractivity contribution in [2.24, 2.45) is 0 Å². The zero-order valence-corrected chi connectivity index (χ0v) is 13.5. The molecule has 2 rings (SSSR count). The first-order chi connectivity index (χ1) is 12.4. The van der Waals surface area contributed by atoms with Gasteiger partial charge in [-0.1, -0.05) is 12.1 Å². The molecule has 0 saturated carbocycles. The Kier molecular flexibility index (Phi) is 6.44. The molecule has 26 heavy (non-hydrogen) atoms. The first kappa shape index (κ1) is 18.7. The van der Waals surface area contributed by atoms with Crippen LogP contribution in [-0.2, 0) is 20.9 Å². The maximum absolute atomic E-state index is 11.7. The van der Waals surface area contributed by atoms with Gasteiger partial charge in [0.15, 0.2) is 6.61 Å². The lowest BCUT2D eigenvalue weighted by Crippen LogP contribution is -2.09. The summed E-state index contributed by atoms with van der Waals surface area (Å²) in [5.41, 5.74) is 1.32. The first-order valence-corrected chi connectivity index (χ1v) is 7.47. The summed E-state index contributed by atoms with van der Waals surface area (Å²) >= 11 is 0. The van der Waals surface area contributed by atoms with Crippen LogP contribution in [0, 0.1) is 10.1 Å². The molecule has 0 aliphatic heterocycles. The number of rotatable bonds is 8. The van der Waals surface area contributed by atoms with Crippen LogP contribution in [0.3, 0.4) is 0 Å². The lowest BCUT2D eigenvalue weighted by Gasteiger charge is -2.05. The first-order valence-electron chi connectivity index (χ1n) is 7.47. The van der Waals surface area contributed by atoms with Crippen molar-refractivity contribution in [1.82, 2.24) is 0 Å². The van der Waals surface area contributed by atoms with Gasteiger partial charge in [0.1, 0.15) is 12.4 Å². The number of hydrogen-bond donors (Lipinski definition) is 1. The van der Waals surface area contributed by atoms with E-state index in [9.17, 15) is 19.7 Å². The fourth-order valence-electron chi connectivity index (χ4n) is 1.90. The van der Waals surface area contributed by atoms with Crippen molar-refractivity contribution in [3.63, 3.8) is 0 Å². The molecule has 0 fully saturated rings. The topological polar surface area (TPSA) is 116 Å². The van der Waals surface area contributed by atoms with Crippen LogP contribution in [0.4, 0.5) is 5.69 Å². The molecule has 134 valence electrons. The fourth-order valence-corrected chi connectivity index (χ4v) is 1.90. The molecule has 0 amide bonds. The Bertz CT molecular complexity index is 810. The minimum atomic E-state index is -1.07. The van der Waals surface area contributed by atoms with Crippen molar-refractivity contribution >= 4 is 23.7 Å². The van der Waals surface area contributed by atoms with Gasteiger partial charge in [-0.3, -0.25) is 10.1 Å². The van der Waals surface area contributed by atoms with Crippen molar-refractivity contribution in [2.45, 2.75) is 6.61 Å². The third kappa shape index (κ3) is 6.08. The minimum absolute atomic E-state index is 0.0273. The number of esters is 1. The summed E-state index contributed by atoms with van der Waals surface area (Å²) in [5, 5.41) is 19.1. The van der Waals surface area contributed by atoms with Crippen LogP contribution in [0.5, 0.6) is 5.75 Å². The average Bonchev–Trinajstić information content (AvgIpc) is 2.64. The highest BCUT2D eigenvalue weighted by molar-refractivity contribution is 5.87. The van der Waals surface area contributed by atoms with Crippen LogP contribution in [-0.4, -0.2) is 28.6 Å². The highest BCUT2D eigenvalue weighted by Gasteiger charge is 2.04. The molecule has 1 N–H and O–H groups in total. The number of carbonyl (C=O) groups is 2. The molecule has 0 unspecified atom stereocenters. The van der Waals surface area contributed by atoms with Gasteiger partial charge in [0.05, 0.1) is 4.92 Å². The van der Waals surface area contributed by atoms with Gasteiger partial charge in [0.2, 0.25) is 0 Å². The lowest BCUT2D eigenvalue weighted by molar-refractivity contribution is -0.384. The number of hydrogen-bond acceptors (Lipinski definition) is 6. The van der Waals surface area contributed by atoms with Crippen molar-refractivity contribution in [2.75, 3.05) is 6.61 Å². The third-order valence-corrected chi connectivity index (χ3v) is 3.18. The largest absolute Gasteiger partial charge is 0.482 e. The zero-order chi connectivity index (χ0) is 18.9. The average molecular weight is 357 g/mol. The molecule has 0 saturated heterocycles. The van der Waals surface area contributed by atoms with E-state index in [0.29, 0.717) is 16.9 Å². The quantitative estimate of drug-likeness (QED) is 0.334. The molecule has 0 aliphatic carbocycles. The van der Waals surface area contributed by atoms with Crippen molar-refractivity contribution in [1.29, 1.82) is 0 Å². The molecular formula is C18H15NO7. The van der Waals surface area contributed by atoms with E-state index in [-0.39, 0.29) is 12.3 Å². The van der Waals surface area contributed by atoms with Crippen LogP contribution in [0.25, 0.3) is 6.08 Å². The van der Waals surface area contributed by atoms with Crippen molar-refractivity contribution in [3.8, 4) is 5.75 Å². The van der Waals surface area contributed by atoms with E-state index in [1.54, 1.807) is 24.3 Å². The summed E-state index contributed by atoms with van der Waals surface area (Å²) in [6, 6.07) is 12.2. The van der Waals surface area contributed by atoms with Gasteiger partial charge in [0, 0.05) is 18.2 Å². The van der Waals surface area contributed by atoms with Crippen LogP contribution in [0.1, 0.15) is 11.1 Å². The Morgan fingerprint density at radius 2 is 1.73 bits per heavy atom. The molecule has 0 spiro atoms. The Hall–Kier alpha value is -3.68. The molecule has 0 heterocycles. The summed E-state index contributed by atoms with van der Waals surface area (Å²) in [6.07, 6.45) is 2.72. The normalized spacial score (nSPS) is 10.5. The summed E-state index contributed by atoms with van der Waals surface area (Å²) < 4.78 is 10.1. The maximum atomic E-state index is 11.7. The second-order valence-corrected chi connectivity index (χ2v) is 5.12. The van der Waals surface area contributed by atoms with Crippen LogP contribution in [0.15, 0.2) is 54.6 Å². The second kappa shape index (κ2) is 8.97. The summed E-state index contributed by atoms with van der Waals surface area (Å²) in [4.78, 5) is 32.2. The van der Waals surface area contributed by atoms with E-state index in [4.69, 9.17) is 14.6 Å². The second-order valence-electron chi connectivity index (χ2n) is 5.12. The Balaban J connectivity index is 1.82. The lowest BCUT2D eigenvalue weighted by atomic mass is 10.2. The van der Waals surface area contributed by atoms with Gasteiger partial charge >= 0.3 is 11.9 Å². The minimum Gasteiger partial charge on any atom is -0.482 e. The Labute approximate surface area is 148 Å². The number of benzene rings is 2. The highest BCUT2D eigenvalue weighted by atomic mass is 16.6. The zero-order valence-electron chi connectivity index (χ0n) is 13.5. The third-order valence-electron chi connectivity index (χ3n) is 3.18. The summed E-state index contributed by atoms with van der Waals surface area (Å²) in [7, 11) is 0. The van der Waals surface area contributed by atoms with Crippen LogP contribution >= 0.6 is 0 Å². The predicted molar refractivity (Wildman–Crippen MR) is 91.5 cm³/mol. The van der Waals surface area contributed by atoms with E-state index in [1.165, 1.54) is 36.4 Å². The summed E-state index contributed by atoms with van der Waals surface area (Å²) in [6.45, 7) is -0.385. The molecular weight excluding hydrogens is 342 g/mol. The summed E-state index contributed by atoms with van der Waals surface area (Å²) in [5.74, 6) is -1.22. The smallest absolute Gasteiger partial charge is 0.341 e. The molecule has 8 nitrogen and oxygen atoms in total. The van der Waals surface area contributed by atoms with E-state index < -0.39 is 23.5 Å². The fraction of sp³-hybridized carbons (Fsp3) is 0.111. The monoisotopic (exact) mass is 357 g/mol. The number of ether oxygens (including phenoxy) is 2. The number of nitrogens with zero attached hydrogens (tertiary/aromatic N) is 1. The molecule has 8 heteroatoms. The maximum Gasteiger partial charge on any atom is 0.341 e. The van der Waals surface area contributed by atoms with Crippen molar-refractivity contribution < 1.29 is 29.1 Å². The van der Waals surface area contributed by atoms with E-state index in [1.807, 2.05) is 0 Å². The highest BCUT2D eigenvalue weighted by Crippen LogP contribution is 2.14. The van der Waals surface area contributed by atoms with Gasteiger partial charge in [-0.15, -0.1) is 0 Å². The Morgan fingerprint density at radius 1 is 1.08 bits per heavy atom. The van der Waals surface area contributed by atoms with Crippen molar-refractivity contribution in [3.05, 3.63) is 75.8 Å². The molecule has 0 radical (unpaired) electrons. The van der Waals surface area contributed by atoms with Crippen LogP contribution < -0.4 is 4.74 Å². The van der Waals surface area contributed by atoms with Gasteiger partial charge in [-0.05, 0) is 41.5 Å². The number of carbonyl (C=O) groups excluding carboxylic acids is 1. The molecule has 0 aromatic heterocycles. The standard InChI is InChI=1S/C18H15NO7/c20-17(21)12-25-16-8-3-14(4-9-16)11-26-18(22)10-5-13-1-6-15(7-2-13)19(23)24/h1-10H,11-12H2,(H,20,21)/b10-5+. The predicted octanol–water partition coefficient (Wildman–Crippen LogP) is 2.81.